The third-order valence-electron chi connectivity index (χ3n) is 2.77. The summed E-state index contributed by atoms with van der Waals surface area (Å²) < 4.78 is 41.0. The Kier molecular flexibility index (Phi) is 6.34. The van der Waals surface area contributed by atoms with Crippen LogP contribution in [0.3, 0.4) is 0 Å². The number of thioether (sulfide) groups is 1. The highest BCUT2D eigenvalue weighted by Gasteiger charge is 2.06. The van der Waals surface area contributed by atoms with Crippen LogP contribution in [0.1, 0.15) is 6.42 Å². The SMILES string of the molecule is O=C(CCSc1ccc(F)cc1)Nc1ccc(OC(F)F)cc1. The van der Waals surface area contributed by atoms with E-state index in [1.54, 1.807) is 12.1 Å². The molecule has 0 fully saturated rings. The largest absolute Gasteiger partial charge is 0.435 e. The molecule has 1 amide bonds. The molecular formula is C16H14F3NO2S. The molecule has 0 aromatic heterocycles. The smallest absolute Gasteiger partial charge is 0.387 e. The molecule has 0 radical (unpaired) electrons. The standard InChI is InChI=1S/C16H14F3NO2S/c17-11-1-7-14(8-2-11)23-10-9-15(21)20-12-3-5-13(6-4-12)22-16(18)19/h1-8,16H,9-10H2,(H,20,21). The van der Waals surface area contributed by atoms with Gasteiger partial charge in [-0.2, -0.15) is 8.78 Å². The summed E-state index contributed by atoms with van der Waals surface area (Å²) in [5.74, 6) is 0.0858. The highest BCUT2D eigenvalue weighted by atomic mass is 32.2. The molecule has 0 bridgehead atoms. The summed E-state index contributed by atoms with van der Waals surface area (Å²) in [6.07, 6.45) is 0.275. The first-order valence-electron chi connectivity index (χ1n) is 6.76. The Morgan fingerprint density at radius 1 is 1.09 bits per heavy atom. The Hall–Kier alpha value is -2.15. The van der Waals surface area contributed by atoms with Gasteiger partial charge < -0.3 is 10.1 Å². The number of benzene rings is 2. The molecule has 0 spiro atoms. The number of ether oxygens (including phenoxy) is 1. The van der Waals surface area contributed by atoms with Crippen LogP contribution in [-0.2, 0) is 4.79 Å². The van der Waals surface area contributed by atoms with Crippen LogP contribution in [0.25, 0.3) is 0 Å². The molecule has 3 nitrogen and oxygen atoms in total. The van der Waals surface area contributed by atoms with Gasteiger partial charge in [0.25, 0.3) is 0 Å². The number of carbonyl (C=O) groups is 1. The monoisotopic (exact) mass is 341 g/mol. The van der Waals surface area contributed by atoms with Crippen molar-refractivity contribution in [3.63, 3.8) is 0 Å². The van der Waals surface area contributed by atoms with Crippen molar-refractivity contribution in [1.82, 2.24) is 0 Å². The first-order valence-corrected chi connectivity index (χ1v) is 7.74. The molecule has 0 saturated carbocycles. The molecule has 0 aliphatic rings. The number of hydrogen-bond acceptors (Lipinski definition) is 3. The molecule has 2 rings (SSSR count). The van der Waals surface area contributed by atoms with E-state index < -0.39 is 6.61 Å². The fourth-order valence-corrected chi connectivity index (χ4v) is 2.59. The average molecular weight is 341 g/mol. The lowest BCUT2D eigenvalue weighted by atomic mass is 10.3. The molecule has 0 unspecified atom stereocenters. The van der Waals surface area contributed by atoms with Crippen LogP contribution >= 0.6 is 11.8 Å². The second-order valence-corrected chi connectivity index (χ2v) is 5.67. The van der Waals surface area contributed by atoms with Gasteiger partial charge in [-0.3, -0.25) is 4.79 Å². The summed E-state index contributed by atoms with van der Waals surface area (Å²) in [6.45, 7) is -2.88. The van der Waals surface area contributed by atoms with Crippen molar-refractivity contribution in [2.45, 2.75) is 17.9 Å². The van der Waals surface area contributed by atoms with Gasteiger partial charge in [-0.1, -0.05) is 0 Å². The molecule has 122 valence electrons. The minimum atomic E-state index is -2.88. The molecule has 0 heterocycles. The molecule has 0 aliphatic carbocycles. The molecular weight excluding hydrogens is 327 g/mol. The molecule has 0 atom stereocenters. The van der Waals surface area contributed by atoms with Gasteiger partial charge in [0.2, 0.25) is 5.91 Å². The summed E-state index contributed by atoms with van der Waals surface area (Å²) in [5.41, 5.74) is 0.503. The maximum atomic E-state index is 12.8. The van der Waals surface area contributed by atoms with Gasteiger partial charge in [-0.05, 0) is 48.5 Å². The van der Waals surface area contributed by atoms with Crippen LogP contribution in [0.2, 0.25) is 0 Å². The molecule has 7 heteroatoms. The molecule has 1 N–H and O–H groups in total. The third-order valence-corrected chi connectivity index (χ3v) is 3.79. The van der Waals surface area contributed by atoms with Crippen molar-refractivity contribution in [1.29, 1.82) is 0 Å². The lowest BCUT2D eigenvalue weighted by molar-refractivity contribution is -0.115. The number of rotatable bonds is 7. The number of hydrogen-bond donors (Lipinski definition) is 1. The fraction of sp³-hybridized carbons (Fsp3) is 0.188. The second-order valence-electron chi connectivity index (χ2n) is 4.50. The number of amides is 1. The van der Waals surface area contributed by atoms with Crippen LogP contribution in [0, 0.1) is 5.82 Å². The van der Waals surface area contributed by atoms with E-state index in [1.807, 2.05) is 0 Å². The van der Waals surface area contributed by atoms with Crippen molar-refractivity contribution in [3.8, 4) is 5.75 Å². The average Bonchev–Trinajstić information content (AvgIpc) is 2.51. The zero-order chi connectivity index (χ0) is 16.7. The third kappa shape index (κ3) is 6.23. The highest BCUT2D eigenvalue weighted by molar-refractivity contribution is 7.99. The zero-order valence-electron chi connectivity index (χ0n) is 12.0. The van der Waals surface area contributed by atoms with Crippen molar-refractivity contribution < 1.29 is 22.7 Å². The van der Waals surface area contributed by atoms with E-state index in [1.165, 1.54) is 48.2 Å². The van der Waals surface area contributed by atoms with Gasteiger partial charge >= 0.3 is 6.61 Å². The molecule has 2 aromatic rings. The van der Waals surface area contributed by atoms with Gasteiger partial charge in [-0.15, -0.1) is 11.8 Å². The molecule has 0 aliphatic heterocycles. The predicted molar refractivity (Wildman–Crippen MR) is 83.4 cm³/mol. The van der Waals surface area contributed by atoms with Crippen molar-refractivity contribution in [2.24, 2.45) is 0 Å². The Bertz CT molecular complexity index is 633. The van der Waals surface area contributed by atoms with Gasteiger partial charge in [0.05, 0.1) is 0 Å². The van der Waals surface area contributed by atoms with Gasteiger partial charge in [0.1, 0.15) is 11.6 Å². The van der Waals surface area contributed by atoms with E-state index in [-0.39, 0.29) is 23.9 Å². The van der Waals surface area contributed by atoms with E-state index in [4.69, 9.17) is 0 Å². The number of carbonyl (C=O) groups excluding carboxylic acids is 1. The second kappa shape index (κ2) is 8.47. The van der Waals surface area contributed by atoms with Gasteiger partial charge in [-0.25, -0.2) is 4.39 Å². The van der Waals surface area contributed by atoms with E-state index in [0.717, 1.165) is 4.90 Å². The van der Waals surface area contributed by atoms with Crippen molar-refractivity contribution in [3.05, 3.63) is 54.3 Å². The van der Waals surface area contributed by atoms with Gasteiger partial charge in [0, 0.05) is 22.8 Å². The maximum Gasteiger partial charge on any atom is 0.387 e. The van der Waals surface area contributed by atoms with Crippen LogP contribution in [0.4, 0.5) is 18.9 Å². The minimum absolute atomic E-state index is 0.0323. The quantitative estimate of drug-likeness (QED) is 0.751. The van der Waals surface area contributed by atoms with Crippen LogP contribution in [0.5, 0.6) is 5.75 Å². The Morgan fingerprint density at radius 3 is 2.35 bits per heavy atom. The van der Waals surface area contributed by atoms with Crippen LogP contribution in [-0.4, -0.2) is 18.3 Å². The lowest BCUT2D eigenvalue weighted by Gasteiger charge is -2.07. The van der Waals surface area contributed by atoms with E-state index >= 15 is 0 Å². The maximum absolute atomic E-state index is 12.8. The summed E-state index contributed by atoms with van der Waals surface area (Å²) in [5, 5.41) is 2.66. The van der Waals surface area contributed by atoms with Crippen molar-refractivity contribution >= 4 is 23.4 Å². The van der Waals surface area contributed by atoms with E-state index in [2.05, 4.69) is 10.1 Å². The predicted octanol–water partition coefficient (Wildman–Crippen LogP) is 4.55. The lowest BCUT2D eigenvalue weighted by Crippen LogP contribution is -2.12. The Morgan fingerprint density at radius 2 is 1.74 bits per heavy atom. The van der Waals surface area contributed by atoms with Crippen molar-refractivity contribution in [2.75, 3.05) is 11.1 Å². The number of alkyl halides is 2. The van der Waals surface area contributed by atoms with E-state index in [0.29, 0.717) is 11.4 Å². The number of nitrogens with one attached hydrogen (secondary N) is 1. The fourth-order valence-electron chi connectivity index (χ4n) is 1.74. The first kappa shape index (κ1) is 17.2. The number of anilines is 1. The Labute approximate surface area is 135 Å². The summed E-state index contributed by atoms with van der Waals surface area (Å²) in [6, 6.07) is 11.7. The topological polar surface area (TPSA) is 38.3 Å². The first-order chi connectivity index (χ1) is 11.0. The molecule has 2 aromatic carbocycles. The summed E-state index contributed by atoms with van der Waals surface area (Å²) >= 11 is 1.45. The molecule has 23 heavy (non-hydrogen) atoms. The minimum Gasteiger partial charge on any atom is -0.435 e. The van der Waals surface area contributed by atoms with Crippen LogP contribution in [0.15, 0.2) is 53.4 Å². The summed E-state index contributed by atoms with van der Waals surface area (Å²) in [7, 11) is 0. The van der Waals surface area contributed by atoms with Crippen LogP contribution < -0.4 is 10.1 Å². The molecule has 0 saturated heterocycles. The number of halogens is 3. The van der Waals surface area contributed by atoms with Gasteiger partial charge in [0.15, 0.2) is 0 Å². The highest BCUT2D eigenvalue weighted by Crippen LogP contribution is 2.20. The zero-order valence-corrected chi connectivity index (χ0v) is 12.8. The Balaban J connectivity index is 1.75. The van der Waals surface area contributed by atoms with E-state index in [9.17, 15) is 18.0 Å². The summed E-state index contributed by atoms with van der Waals surface area (Å²) in [4.78, 5) is 12.7. The normalized spacial score (nSPS) is 10.6.